The molecule has 0 radical (unpaired) electrons. The number of rotatable bonds is 16. The van der Waals surface area contributed by atoms with Crippen LogP contribution in [0.5, 0.6) is 0 Å². The van der Waals surface area contributed by atoms with Crippen molar-refractivity contribution in [2.75, 3.05) is 30.3 Å². The average Bonchev–Trinajstić information content (AvgIpc) is 3.24. The molecule has 2 aromatic carbocycles. The molecule has 7 amide bonds. The predicted molar refractivity (Wildman–Crippen MR) is 204 cm³/mol. The lowest BCUT2D eigenvalue weighted by Gasteiger charge is -2.27. The number of carbonyl (C=O) groups is 7. The molecule has 54 heavy (non-hydrogen) atoms. The van der Waals surface area contributed by atoms with Crippen LogP contribution in [0.25, 0.3) is 0 Å². The molecule has 1 heterocycles. The lowest BCUT2D eigenvalue weighted by atomic mass is 9.99. The van der Waals surface area contributed by atoms with Crippen LogP contribution in [0.4, 0.5) is 16.2 Å². The number of aryl methyl sites for hydroxylation is 1. The molecule has 0 spiro atoms. The van der Waals surface area contributed by atoms with E-state index in [1.54, 1.807) is 30.3 Å². The number of amides is 7. The average molecular weight is 750 g/mol. The lowest BCUT2D eigenvalue weighted by molar-refractivity contribution is -0.149. The Hall–Kier alpha value is -5.47. The number of para-hydroxylation sites is 1. The van der Waals surface area contributed by atoms with Gasteiger partial charge in [-0.1, -0.05) is 65.0 Å². The quantitative estimate of drug-likeness (QED) is 0.140. The molecule has 2 aromatic rings. The first-order valence-electron chi connectivity index (χ1n) is 18.3. The van der Waals surface area contributed by atoms with Crippen LogP contribution in [0.15, 0.2) is 48.5 Å². The van der Waals surface area contributed by atoms with E-state index >= 15 is 0 Å². The second kappa shape index (κ2) is 20.1. The van der Waals surface area contributed by atoms with Crippen LogP contribution in [0.1, 0.15) is 77.8 Å². The highest BCUT2D eigenvalue weighted by molar-refractivity contribution is 6.00. The van der Waals surface area contributed by atoms with E-state index in [4.69, 9.17) is 10.5 Å². The van der Waals surface area contributed by atoms with Gasteiger partial charge >= 0.3 is 12.0 Å². The number of esters is 1. The molecule has 0 bridgehead atoms. The Bertz CT molecular complexity index is 1650. The number of hydrogen-bond acceptors (Lipinski definition) is 8. The molecule has 0 saturated carbocycles. The molecule has 3 atom stereocenters. The van der Waals surface area contributed by atoms with Gasteiger partial charge in [-0.15, -0.1) is 0 Å². The molecule has 1 aliphatic heterocycles. The fourth-order valence-electron chi connectivity index (χ4n) is 5.70. The van der Waals surface area contributed by atoms with Crippen LogP contribution in [-0.2, 0) is 39.9 Å². The second-order valence-corrected chi connectivity index (χ2v) is 15.3. The van der Waals surface area contributed by atoms with Crippen LogP contribution >= 0.6 is 0 Å². The van der Waals surface area contributed by atoms with Gasteiger partial charge in [-0.2, -0.15) is 0 Å². The molecule has 3 rings (SSSR count). The van der Waals surface area contributed by atoms with E-state index in [9.17, 15) is 33.6 Å². The molecule has 1 saturated heterocycles. The number of anilines is 2. The van der Waals surface area contributed by atoms with Crippen LogP contribution in [-0.4, -0.2) is 84.3 Å². The zero-order valence-electron chi connectivity index (χ0n) is 32.1. The summed E-state index contributed by atoms with van der Waals surface area (Å²) in [6.07, 6.45) is 1.11. The number of primary amides is 1. The minimum Gasteiger partial charge on any atom is -0.465 e. The maximum absolute atomic E-state index is 13.7. The fraction of sp³-hybridized carbons (Fsp3) is 0.513. The third kappa shape index (κ3) is 14.9. The van der Waals surface area contributed by atoms with Crippen molar-refractivity contribution in [3.63, 3.8) is 0 Å². The van der Waals surface area contributed by atoms with E-state index < -0.39 is 66.1 Å². The molecule has 7 N–H and O–H groups in total. The number of likely N-dealkylation sites (tertiary alicyclic amines) is 1. The summed E-state index contributed by atoms with van der Waals surface area (Å²) in [5.74, 6) is -3.89. The second-order valence-electron chi connectivity index (χ2n) is 15.3. The number of nitrogens with zero attached hydrogens (tertiary/aromatic N) is 1. The van der Waals surface area contributed by atoms with E-state index in [2.05, 4.69) is 26.6 Å². The number of nitrogens with two attached hydrogens (primary N) is 1. The Kier molecular flexibility index (Phi) is 16.0. The number of nitrogens with one attached hydrogen (secondary N) is 5. The summed E-state index contributed by atoms with van der Waals surface area (Å²) in [6.45, 7) is 11.3. The van der Waals surface area contributed by atoms with E-state index in [1.165, 1.54) is 4.90 Å². The van der Waals surface area contributed by atoms with E-state index in [-0.39, 0.29) is 37.3 Å². The Morgan fingerprint density at radius 2 is 1.59 bits per heavy atom. The van der Waals surface area contributed by atoms with Crippen molar-refractivity contribution in [1.29, 1.82) is 0 Å². The lowest BCUT2D eigenvalue weighted by Crippen LogP contribution is -2.57. The van der Waals surface area contributed by atoms with Crippen molar-refractivity contribution in [1.82, 2.24) is 20.9 Å². The third-order valence-corrected chi connectivity index (χ3v) is 8.44. The first-order valence-corrected chi connectivity index (χ1v) is 18.3. The van der Waals surface area contributed by atoms with Crippen molar-refractivity contribution < 1.29 is 38.3 Å². The van der Waals surface area contributed by atoms with Gasteiger partial charge < -0.3 is 42.0 Å². The van der Waals surface area contributed by atoms with Crippen molar-refractivity contribution in [3.05, 3.63) is 59.7 Å². The molecule has 0 aliphatic carbocycles. The normalized spacial score (nSPS) is 15.6. The summed E-state index contributed by atoms with van der Waals surface area (Å²) in [4.78, 5) is 92.1. The van der Waals surface area contributed by atoms with Gasteiger partial charge in [0, 0.05) is 17.9 Å². The van der Waals surface area contributed by atoms with Crippen LogP contribution in [0, 0.1) is 18.3 Å². The minimum atomic E-state index is -1.43. The Balaban J connectivity index is 1.69. The molecule has 15 nitrogen and oxygen atoms in total. The van der Waals surface area contributed by atoms with Crippen LogP contribution in [0.2, 0.25) is 0 Å². The summed E-state index contributed by atoms with van der Waals surface area (Å²) in [7, 11) is 0. The zero-order chi connectivity index (χ0) is 40.0. The zero-order valence-corrected chi connectivity index (χ0v) is 32.1. The molecule has 1 fully saturated rings. The van der Waals surface area contributed by atoms with E-state index in [0.717, 1.165) is 5.56 Å². The van der Waals surface area contributed by atoms with Gasteiger partial charge in [0.1, 0.15) is 18.1 Å². The molecule has 1 unspecified atom stereocenters. The highest BCUT2D eigenvalue weighted by Gasteiger charge is 2.34. The minimum absolute atomic E-state index is 0.0406. The topological polar surface area (TPSA) is 218 Å². The molecule has 15 heteroatoms. The highest BCUT2D eigenvalue weighted by atomic mass is 16.5. The molecule has 1 aliphatic rings. The standard InChI is InChI=1S/C39H55N7O8/c1-24(2)19-30(42-33(48)20-26-14-16-27(17-15-26)41-38(53)45-28-12-8-7-11-25(28)3)35(50)44-31(21-34(49)54-23-39(4,5)6)36(51)43-29-13-9-10-18-46(37(29)52)22-32(40)47/h7-8,11-12,14-17,24,29-31H,9-10,13,18-23H2,1-6H3,(H2,40,47)(H,42,48)(H,43,51)(H,44,50)(H2,41,45,53)/t29?,30-,31-/m0/s1. The van der Waals surface area contributed by atoms with Crippen molar-refractivity contribution >= 4 is 52.9 Å². The summed E-state index contributed by atoms with van der Waals surface area (Å²) >= 11 is 0. The Labute approximate surface area is 316 Å². The van der Waals surface area contributed by atoms with Crippen LogP contribution in [0.3, 0.4) is 0 Å². The van der Waals surface area contributed by atoms with Gasteiger partial charge in [0.15, 0.2) is 0 Å². The number of hydrogen-bond donors (Lipinski definition) is 6. The summed E-state index contributed by atoms with van der Waals surface area (Å²) < 4.78 is 5.38. The summed E-state index contributed by atoms with van der Waals surface area (Å²) in [5, 5.41) is 13.6. The van der Waals surface area contributed by atoms with E-state index in [1.807, 2.05) is 59.7 Å². The maximum Gasteiger partial charge on any atom is 0.323 e. The van der Waals surface area contributed by atoms with Crippen molar-refractivity contribution in [2.45, 2.75) is 98.2 Å². The number of benzene rings is 2. The molecular weight excluding hydrogens is 694 g/mol. The summed E-state index contributed by atoms with van der Waals surface area (Å²) in [6, 6.07) is 10.2. The fourth-order valence-corrected chi connectivity index (χ4v) is 5.70. The van der Waals surface area contributed by atoms with Gasteiger partial charge in [0.05, 0.1) is 26.0 Å². The molecular formula is C39H55N7O8. The Morgan fingerprint density at radius 1 is 0.907 bits per heavy atom. The smallest absolute Gasteiger partial charge is 0.323 e. The van der Waals surface area contributed by atoms with Gasteiger partial charge in [-0.05, 0) is 73.3 Å². The number of carbonyl (C=O) groups excluding carboxylic acids is 7. The van der Waals surface area contributed by atoms with Gasteiger partial charge in [0.2, 0.25) is 29.5 Å². The monoisotopic (exact) mass is 749 g/mol. The van der Waals surface area contributed by atoms with Gasteiger partial charge in [-0.3, -0.25) is 28.8 Å². The summed E-state index contributed by atoms with van der Waals surface area (Å²) in [5.41, 5.74) is 7.70. The molecule has 294 valence electrons. The van der Waals surface area contributed by atoms with Gasteiger partial charge in [-0.25, -0.2) is 4.79 Å². The van der Waals surface area contributed by atoms with E-state index in [0.29, 0.717) is 42.7 Å². The van der Waals surface area contributed by atoms with Gasteiger partial charge in [0.25, 0.3) is 0 Å². The first kappa shape index (κ1) is 42.9. The molecule has 0 aromatic heterocycles. The predicted octanol–water partition coefficient (Wildman–Crippen LogP) is 3.16. The SMILES string of the molecule is Cc1ccccc1NC(=O)Nc1ccc(CC(=O)N[C@@H](CC(C)C)C(=O)N[C@@H](CC(=O)OCC(C)(C)C)C(=O)NC2CCCCN(CC(N)=O)C2=O)cc1. The van der Waals surface area contributed by atoms with Crippen LogP contribution < -0.4 is 32.3 Å². The largest absolute Gasteiger partial charge is 0.465 e. The first-order chi connectivity index (χ1) is 25.4. The maximum atomic E-state index is 13.7. The van der Waals surface area contributed by atoms with Crippen molar-refractivity contribution in [2.24, 2.45) is 17.1 Å². The van der Waals surface area contributed by atoms with Crippen molar-refractivity contribution in [3.8, 4) is 0 Å². The third-order valence-electron chi connectivity index (χ3n) is 8.44. The highest BCUT2D eigenvalue weighted by Crippen LogP contribution is 2.17. The number of urea groups is 1. The number of ether oxygens (including phenoxy) is 1. The Morgan fingerprint density at radius 3 is 2.22 bits per heavy atom.